The first-order valence-electron chi connectivity index (χ1n) is 26.8. The van der Waals surface area contributed by atoms with E-state index in [2.05, 4.69) is 129 Å². The highest BCUT2D eigenvalue weighted by atomic mass is 31.3. The lowest BCUT2D eigenvalue weighted by molar-refractivity contribution is -0.121. The maximum absolute atomic E-state index is 14.7. The van der Waals surface area contributed by atoms with Gasteiger partial charge in [-0.1, -0.05) is 43.9 Å². The minimum atomic E-state index is -5.76. The lowest BCUT2D eigenvalue weighted by Gasteiger charge is -2.47. The largest absolute Gasteiger partial charge is 0.490 e. The predicted octanol–water partition coefficient (Wildman–Crippen LogP) is 6.29. The molecule has 0 aliphatic carbocycles. The second-order valence-corrected chi connectivity index (χ2v) is 26.7. The van der Waals surface area contributed by atoms with E-state index in [1.165, 1.54) is 28.2 Å². The lowest BCUT2D eigenvalue weighted by atomic mass is 9.77. The molecule has 1 fully saturated rings. The number of nitrogen functional groups attached to an aromatic ring is 1. The molecule has 23 nitrogen and oxygen atoms in total. The van der Waals surface area contributed by atoms with Gasteiger partial charge in [0.05, 0.1) is 36.3 Å². The average Bonchev–Trinajstić information content (AvgIpc) is 2.74. The van der Waals surface area contributed by atoms with E-state index in [0.717, 1.165) is 70.4 Å². The van der Waals surface area contributed by atoms with Gasteiger partial charge < -0.3 is 59.6 Å². The fraction of sp³-hybridized carbons (Fsp3) is 0.473. The number of phosphoric ester groups is 1. The molecule has 1 saturated heterocycles. The van der Waals surface area contributed by atoms with Crippen LogP contribution in [0.3, 0.4) is 0 Å². The van der Waals surface area contributed by atoms with Crippen LogP contribution in [0.1, 0.15) is 144 Å². The maximum atomic E-state index is 14.7. The van der Waals surface area contributed by atoms with E-state index in [9.17, 15) is 38.2 Å². The van der Waals surface area contributed by atoms with Gasteiger partial charge in [0.2, 0.25) is 11.3 Å². The summed E-state index contributed by atoms with van der Waals surface area (Å²) in [5, 5.41) is 16.0. The highest BCUT2D eigenvalue weighted by Crippen LogP contribution is 2.66. The monoisotopic (exact) mass is 1180 g/mol. The van der Waals surface area contributed by atoms with E-state index >= 15 is 0 Å². The van der Waals surface area contributed by atoms with Crippen molar-refractivity contribution in [2.75, 3.05) is 50.5 Å². The van der Waals surface area contributed by atoms with Crippen LogP contribution in [0.15, 0.2) is 61.1 Å². The van der Waals surface area contributed by atoms with Gasteiger partial charge in [-0.25, -0.2) is 28.2 Å². The number of carbonyl (C=O) groups is 2. The highest BCUT2D eigenvalue weighted by molar-refractivity contribution is 7.66. The molecule has 5 aromatic rings. The van der Waals surface area contributed by atoms with Crippen molar-refractivity contribution in [3.05, 3.63) is 105 Å². The Balaban J connectivity index is 0.893. The molecule has 9 rings (SSSR count). The standard InChI is InChI=1S/C55H69N8O15P3/c1-10-62-41-24-44-39(22-37(41)32(3)27-54(62,5)6)50(40-23-38-33(4)28-55(7,8)63(11-2)42(38)25-45(40)75-44)35-17-12-13-18-36(35)53(66)60(9)21-15-19-47(65)57-20-14-16-34-29-61(52-49(34)51(56)58-31-59-52)48-26-43(64)46(76-48)30-74-80(70,71)78-81(72,73)77-79(67,68)69/h12-13,17-18,22-25,29,31-33,43,46,48,64H,10-11,15,19-21,26-28,30H2,1-9H3,(H6-,56,57,58,59,65,67,68,69,70,71,72,73)/p+1/t32?,33?,43-,46+,48+/m0/s1. The first-order valence-corrected chi connectivity index (χ1v) is 31.3. The smallest absolute Gasteiger partial charge is 0.456 e. The Morgan fingerprint density at radius 2 is 1.68 bits per heavy atom. The molecule has 434 valence electrons. The van der Waals surface area contributed by atoms with Crippen LogP contribution in [0.2, 0.25) is 0 Å². The minimum Gasteiger partial charge on any atom is -0.456 e. The third-order valence-electron chi connectivity index (χ3n) is 15.6. The number of phosphoric acid groups is 3. The Hall–Kier alpha value is -5.82. The molecule has 0 saturated carbocycles. The van der Waals surface area contributed by atoms with Gasteiger partial charge in [-0.05, 0) is 95.5 Å². The summed E-state index contributed by atoms with van der Waals surface area (Å²) < 4.78 is 64.1. The van der Waals surface area contributed by atoms with Crippen molar-refractivity contribution in [1.29, 1.82) is 0 Å². The molecular formula is C55H70N8O15P3+. The number of nitrogens with zero attached hydrogens (tertiary/aromatic N) is 6. The minimum absolute atomic E-state index is 0.0553. The number of nitrogens with two attached hydrogens (primary N) is 1. The molecule has 0 bridgehead atoms. The Bertz CT molecular complexity index is 3680. The Morgan fingerprint density at radius 1 is 0.951 bits per heavy atom. The fourth-order valence-corrected chi connectivity index (χ4v) is 15.3. The molecule has 0 spiro atoms. The average molecular weight is 1180 g/mol. The number of hydrogen-bond acceptors (Lipinski definition) is 15. The van der Waals surface area contributed by atoms with Crippen molar-refractivity contribution in [3.63, 3.8) is 0 Å². The second kappa shape index (κ2) is 22.7. The number of rotatable bonds is 17. The Morgan fingerprint density at radius 3 is 2.40 bits per heavy atom. The third-order valence-corrected chi connectivity index (χ3v) is 19.4. The van der Waals surface area contributed by atoms with E-state index in [1.807, 2.05) is 24.3 Å². The number of carbonyl (C=O) groups excluding carboxylic acids is 2. The molecule has 6 heterocycles. The Labute approximate surface area is 469 Å². The molecular weight excluding hydrogens is 1110 g/mol. The molecule has 7 atom stereocenters. The van der Waals surface area contributed by atoms with Crippen LogP contribution in [0.5, 0.6) is 11.5 Å². The molecule has 3 aromatic carbocycles. The van der Waals surface area contributed by atoms with Crippen molar-refractivity contribution in [2.24, 2.45) is 0 Å². The number of aromatic nitrogens is 3. The predicted molar refractivity (Wildman–Crippen MR) is 302 cm³/mol. The van der Waals surface area contributed by atoms with Gasteiger partial charge in [0, 0.05) is 90.4 Å². The Kier molecular flexibility index (Phi) is 16.8. The first-order chi connectivity index (χ1) is 38.0. The zero-order chi connectivity index (χ0) is 58.7. The number of benzene rings is 3. The van der Waals surface area contributed by atoms with Crippen LogP contribution in [-0.4, -0.2) is 119 Å². The van der Waals surface area contributed by atoms with Crippen LogP contribution in [0, 0.1) is 11.8 Å². The van der Waals surface area contributed by atoms with Crippen molar-refractivity contribution >= 4 is 63.4 Å². The molecule has 2 aromatic heterocycles. The normalized spacial score (nSPS) is 22.2. The number of amides is 2. The molecule has 2 amide bonds. The molecule has 26 heteroatoms. The number of nitrogens with one attached hydrogen (secondary N) is 1. The molecule has 4 aliphatic rings. The summed E-state index contributed by atoms with van der Waals surface area (Å²) in [5.41, 5.74) is 13.6. The topological polar surface area (TPSA) is 311 Å². The number of anilines is 2. The van der Waals surface area contributed by atoms with Crippen LogP contribution in [-0.2, 0) is 36.4 Å². The quantitative estimate of drug-likeness (QED) is 0.0300. The zero-order valence-electron chi connectivity index (χ0n) is 46.7. The summed E-state index contributed by atoms with van der Waals surface area (Å²) >= 11 is 0. The van der Waals surface area contributed by atoms with Gasteiger partial charge in [-0.2, -0.15) is 8.62 Å². The van der Waals surface area contributed by atoms with Crippen LogP contribution in [0.25, 0.3) is 16.6 Å². The first kappa shape index (κ1) is 59.8. The third kappa shape index (κ3) is 12.5. The van der Waals surface area contributed by atoms with E-state index in [-0.39, 0.29) is 72.1 Å². The number of hydrogen-bond donors (Lipinski definition) is 7. The molecule has 4 aliphatic heterocycles. The number of aliphatic hydroxyl groups excluding tert-OH is 1. The van der Waals surface area contributed by atoms with Crippen LogP contribution >= 0.6 is 23.5 Å². The van der Waals surface area contributed by atoms with Crippen molar-refractivity contribution < 1.29 is 70.6 Å². The van der Waals surface area contributed by atoms with Gasteiger partial charge >= 0.3 is 23.5 Å². The van der Waals surface area contributed by atoms with Crippen molar-refractivity contribution in [1.82, 2.24) is 29.3 Å². The number of ether oxygens (including phenoxy) is 2. The molecule has 8 N–H and O–H groups in total. The SMILES string of the molecule is CCN1c2cc3c(cc2C(C)CC1(C)C)C(c1ccccc1C(=O)N(C)CCCC(=O)NCC#Cc1cn([C@H]2C[C@H](O)[C@@H](COP(=O)(O)OP(=O)(O)OP(=O)(O)O)O2)c2ncnc(N)c12)=c1cc2c(cc1O3)=[N+](CC)C(C)(C)CC2C. The number of fused-ring (bicyclic) bond motifs is 5. The van der Waals surface area contributed by atoms with Gasteiger partial charge in [-0.15, -0.1) is 0 Å². The maximum Gasteiger partial charge on any atom is 0.490 e. The fourth-order valence-electron chi connectivity index (χ4n) is 12.3. The van der Waals surface area contributed by atoms with Gasteiger partial charge in [0.15, 0.2) is 5.54 Å². The summed E-state index contributed by atoms with van der Waals surface area (Å²) in [6.07, 6.45) is 1.45. The second-order valence-electron chi connectivity index (χ2n) is 22.3. The molecule has 0 radical (unpaired) electrons. The highest BCUT2D eigenvalue weighted by Gasteiger charge is 2.44. The van der Waals surface area contributed by atoms with E-state index in [0.29, 0.717) is 22.9 Å². The van der Waals surface area contributed by atoms with E-state index in [4.69, 9.17) is 25.0 Å². The summed E-state index contributed by atoms with van der Waals surface area (Å²) in [7, 11) is -15.1. The van der Waals surface area contributed by atoms with Crippen LogP contribution < -0.4 is 35.8 Å². The van der Waals surface area contributed by atoms with E-state index in [1.54, 1.807) is 11.9 Å². The summed E-state index contributed by atoms with van der Waals surface area (Å²) in [5.74, 6) is 7.54. The summed E-state index contributed by atoms with van der Waals surface area (Å²) in [6, 6.07) is 16.7. The summed E-state index contributed by atoms with van der Waals surface area (Å²) in [4.78, 5) is 77.4. The van der Waals surface area contributed by atoms with Crippen molar-refractivity contribution in [3.8, 4) is 23.3 Å². The lowest BCUT2D eigenvalue weighted by Crippen LogP contribution is -2.52. The van der Waals surface area contributed by atoms with Crippen molar-refractivity contribution in [2.45, 2.75) is 129 Å². The van der Waals surface area contributed by atoms with Gasteiger partial charge in [-0.3, -0.25) is 14.1 Å². The van der Waals surface area contributed by atoms with E-state index < -0.39 is 48.5 Å². The molecule has 4 unspecified atom stereocenters. The zero-order valence-corrected chi connectivity index (χ0v) is 49.3. The summed E-state index contributed by atoms with van der Waals surface area (Å²) in [6.45, 7) is 19.2. The van der Waals surface area contributed by atoms with Gasteiger partial charge in [0.25, 0.3) is 5.91 Å². The molecule has 81 heavy (non-hydrogen) atoms. The van der Waals surface area contributed by atoms with Gasteiger partial charge in [0.1, 0.15) is 48.2 Å². The van der Waals surface area contributed by atoms with Crippen LogP contribution in [0.4, 0.5) is 11.5 Å². The number of aliphatic hydroxyl groups is 1.